The Bertz CT molecular complexity index is 1100. The van der Waals surface area contributed by atoms with Crippen molar-refractivity contribution < 1.29 is 0 Å². The Kier molecular flexibility index (Phi) is 3.94. The van der Waals surface area contributed by atoms with Gasteiger partial charge in [0.25, 0.3) is 0 Å². The molecule has 1 aliphatic carbocycles. The molecule has 0 bridgehead atoms. The largest absolute Gasteiger partial charge is 0.351 e. The van der Waals surface area contributed by atoms with Crippen LogP contribution in [0.5, 0.6) is 0 Å². The Morgan fingerprint density at radius 2 is 1.85 bits per heavy atom. The number of thiazole rings is 1. The first-order valence-electron chi connectivity index (χ1n) is 8.93. The van der Waals surface area contributed by atoms with Crippen LogP contribution in [0.3, 0.4) is 0 Å². The molecular formula is C20H18N6S. The van der Waals surface area contributed by atoms with Gasteiger partial charge in [0.1, 0.15) is 5.82 Å². The van der Waals surface area contributed by atoms with Gasteiger partial charge in [0.05, 0.1) is 20.9 Å². The molecule has 0 amide bonds. The van der Waals surface area contributed by atoms with Gasteiger partial charge < -0.3 is 10.6 Å². The van der Waals surface area contributed by atoms with Crippen molar-refractivity contribution in [2.24, 2.45) is 0 Å². The third-order valence-corrected chi connectivity index (χ3v) is 5.33. The molecule has 1 saturated carbocycles. The van der Waals surface area contributed by atoms with Gasteiger partial charge in [-0.15, -0.1) is 11.3 Å². The molecule has 27 heavy (non-hydrogen) atoms. The first-order chi connectivity index (χ1) is 13.2. The summed E-state index contributed by atoms with van der Waals surface area (Å²) in [6, 6.07) is 12.6. The fourth-order valence-electron chi connectivity index (χ4n) is 2.92. The van der Waals surface area contributed by atoms with E-state index in [1.807, 2.05) is 25.1 Å². The quantitative estimate of drug-likeness (QED) is 0.524. The van der Waals surface area contributed by atoms with Gasteiger partial charge in [0, 0.05) is 35.8 Å². The molecule has 3 aromatic heterocycles. The molecule has 134 valence electrons. The molecule has 4 aromatic rings. The maximum atomic E-state index is 4.68. The van der Waals surface area contributed by atoms with Crippen LogP contribution >= 0.6 is 11.3 Å². The zero-order valence-corrected chi connectivity index (χ0v) is 15.6. The summed E-state index contributed by atoms with van der Waals surface area (Å²) in [6.07, 6.45) is 5.89. The summed E-state index contributed by atoms with van der Waals surface area (Å²) < 4.78 is 1.19. The molecule has 1 aromatic carbocycles. The minimum atomic E-state index is 0.486. The van der Waals surface area contributed by atoms with E-state index in [0.29, 0.717) is 12.0 Å². The summed E-state index contributed by atoms with van der Waals surface area (Å²) >= 11 is 1.70. The number of nitrogens with zero attached hydrogens (tertiary/aromatic N) is 4. The topological polar surface area (TPSA) is 75.6 Å². The fraction of sp³-hybridized carbons (Fsp3) is 0.200. The summed E-state index contributed by atoms with van der Waals surface area (Å²) in [5.74, 6) is 1.41. The molecule has 7 heteroatoms. The predicted molar refractivity (Wildman–Crippen MR) is 110 cm³/mol. The van der Waals surface area contributed by atoms with Crippen LogP contribution in [-0.2, 0) is 0 Å². The molecule has 0 spiro atoms. The van der Waals surface area contributed by atoms with Crippen molar-refractivity contribution in [2.45, 2.75) is 25.8 Å². The van der Waals surface area contributed by atoms with Crippen LogP contribution in [0, 0.1) is 6.92 Å². The molecular weight excluding hydrogens is 356 g/mol. The van der Waals surface area contributed by atoms with Crippen LogP contribution in [-0.4, -0.2) is 26.0 Å². The number of fused-ring (bicyclic) bond motifs is 1. The Morgan fingerprint density at radius 1 is 1.00 bits per heavy atom. The molecule has 5 rings (SSSR count). The Hall–Kier alpha value is -3.06. The molecule has 0 saturated heterocycles. The lowest BCUT2D eigenvalue weighted by Gasteiger charge is -2.11. The second-order valence-electron chi connectivity index (χ2n) is 6.66. The SMILES string of the molecule is Cc1nc2cc(Nc3cc(-c4ccncc4)nc(NC4CC4)n3)ccc2s1. The van der Waals surface area contributed by atoms with Gasteiger partial charge >= 0.3 is 0 Å². The third kappa shape index (κ3) is 3.59. The monoisotopic (exact) mass is 374 g/mol. The highest BCUT2D eigenvalue weighted by atomic mass is 32.1. The van der Waals surface area contributed by atoms with Crippen LogP contribution in [0.4, 0.5) is 17.5 Å². The summed E-state index contributed by atoms with van der Waals surface area (Å²) in [6.45, 7) is 2.03. The Labute approximate surface area is 160 Å². The van der Waals surface area contributed by atoms with Gasteiger partial charge in [0.15, 0.2) is 0 Å². The number of benzene rings is 1. The van der Waals surface area contributed by atoms with Crippen LogP contribution in [0.1, 0.15) is 17.8 Å². The lowest BCUT2D eigenvalue weighted by Crippen LogP contribution is -2.07. The van der Waals surface area contributed by atoms with Crippen molar-refractivity contribution in [2.75, 3.05) is 10.6 Å². The molecule has 1 fully saturated rings. The normalized spacial score (nSPS) is 13.7. The van der Waals surface area contributed by atoms with E-state index in [2.05, 4.69) is 48.8 Å². The minimum Gasteiger partial charge on any atom is -0.351 e. The minimum absolute atomic E-state index is 0.486. The molecule has 1 aliphatic rings. The standard InChI is InChI=1S/C20H18N6S/c1-12-22-17-10-15(4-5-18(17)27-12)23-19-11-16(13-6-8-21-9-7-13)25-20(26-19)24-14-2-3-14/h4-11,14H,2-3H2,1H3,(H2,23,24,25,26). The smallest absolute Gasteiger partial charge is 0.225 e. The zero-order chi connectivity index (χ0) is 18.2. The number of nitrogens with one attached hydrogen (secondary N) is 2. The van der Waals surface area contributed by atoms with Gasteiger partial charge in [-0.2, -0.15) is 4.98 Å². The zero-order valence-electron chi connectivity index (χ0n) is 14.8. The molecule has 0 unspecified atom stereocenters. The Balaban J connectivity index is 1.51. The highest BCUT2D eigenvalue weighted by Crippen LogP contribution is 2.29. The number of hydrogen-bond donors (Lipinski definition) is 2. The van der Waals surface area contributed by atoms with E-state index in [1.165, 1.54) is 17.5 Å². The third-order valence-electron chi connectivity index (χ3n) is 4.38. The average Bonchev–Trinajstić information content (AvgIpc) is 3.40. The van der Waals surface area contributed by atoms with Crippen molar-refractivity contribution >= 4 is 39.0 Å². The van der Waals surface area contributed by atoms with Crippen molar-refractivity contribution in [3.63, 3.8) is 0 Å². The van der Waals surface area contributed by atoms with E-state index in [0.717, 1.165) is 33.3 Å². The van der Waals surface area contributed by atoms with Crippen LogP contribution in [0.25, 0.3) is 21.5 Å². The van der Waals surface area contributed by atoms with E-state index >= 15 is 0 Å². The van der Waals surface area contributed by atoms with Gasteiger partial charge in [-0.05, 0) is 50.1 Å². The number of rotatable bonds is 5. The molecule has 0 radical (unpaired) electrons. The highest BCUT2D eigenvalue weighted by Gasteiger charge is 2.22. The maximum absolute atomic E-state index is 4.68. The van der Waals surface area contributed by atoms with Crippen molar-refractivity contribution in [3.8, 4) is 11.3 Å². The molecule has 3 heterocycles. The summed E-state index contributed by atoms with van der Waals surface area (Å²) in [7, 11) is 0. The van der Waals surface area contributed by atoms with E-state index in [1.54, 1.807) is 23.7 Å². The van der Waals surface area contributed by atoms with Crippen LogP contribution < -0.4 is 10.6 Å². The second-order valence-corrected chi connectivity index (χ2v) is 7.89. The van der Waals surface area contributed by atoms with Gasteiger partial charge in [-0.25, -0.2) is 9.97 Å². The number of hydrogen-bond acceptors (Lipinski definition) is 7. The summed E-state index contributed by atoms with van der Waals surface area (Å²) in [5, 5.41) is 7.87. The van der Waals surface area contributed by atoms with E-state index in [4.69, 9.17) is 0 Å². The predicted octanol–water partition coefficient (Wildman–Crippen LogP) is 4.77. The average molecular weight is 374 g/mol. The van der Waals surface area contributed by atoms with Crippen molar-refractivity contribution in [1.82, 2.24) is 19.9 Å². The van der Waals surface area contributed by atoms with Crippen molar-refractivity contribution in [3.05, 3.63) is 53.8 Å². The van der Waals surface area contributed by atoms with Crippen molar-refractivity contribution in [1.29, 1.82) is 0 Å². The number of pyridine rings is 1. The summed E-state index contributed by atoms with van der Waals surface area (Å²) in [4.78, 5) is 18.0. The van der Waals surface area contributed by atoms with E-state index in [9.17, 15) is 0 Å². The summed E-state index contributed by atoms with van der Waals surface area (Å²) in [5.41, 5.74) is 3.84. The number of aryl methyl sites for hydroxylation is 1. The lowest BCUT2D eigenvalue weighted by atomic mass is 10.2. The highest BCUT2D eigenvalue weighted by molar-refractivity contribution is 7.18. The first-order valence-corrected chi connectivity index (χ1v) is 9.75. The maximum Gasteiger partial charge on any atom is 0.225 e. The number of anilines is 3. The van der Waals surface area contributed by atoms with E-state index in [-0.39, 0.29) is 0 Å². The van der Waals surface area contributed by atoms with Gasteiger partial charge in [0.2, 0.25) is 5.95 Å². The first kappa shape index (κ1) is 16.1. The molecule has 0 aliphatic heterocycles. The van der Waals surface area contributed by atoms with Crippen LogP contribution in [0.15, 0.2) is 48.8 Å². The van der Waals surface area contributed by atoms with E-state index < -0.39 is 0 Å². The molecule has 0 atom stereocenters. The fourth-order valence-corrected chi connectivity index (χ4v) is 3.73. The Morgan fingerprint density at radius 3 is 2.67 bits per heavy atom. The molecule has 6 nitrogen and oxygen atoms in total. The van der Waals surface area contributed by atoms with Gasteiger partial charge in [-0.3, -0.25) is 4.98 Å². The van der Waals surface area contributed by atoms with Crippen LogP contribution in [0.2, 0.25) is 0 Å². The number of aromatic nitrogens is 4. The van der Waals surface area contributed by atoms with Gasteiger partial charge in [-0.1, -0.05) is 0 Å². The molecule has 2 N–H and O–H groups in total. The lowest BCUT2D eigenvalue weighted by molar-refractivity contribution is 1.06. The second kappa shape index (κ2) is 6.59.